The lowest BCUT2D eigenvalue weighted by atomic mass is 10.2. The molecule has 0 heterocycles. The summed E-state index contributed by atoms with van der Waals surface area (Å²) in [5.74, 6) is -0.578. The maximum absolute atomic E-state index is 11.0. The molecule has 0 saturated heterocycles. The highest BCUT2D eigenvalue weighted by molar-refractivity contribution is 5.85. The molecule has 0 amide bonds. The Morgan fingerprint density at radius 3 is 2.50 bits per heavy atom. The number of carbonyl (C=O) groups excluding carboxylic acids is 1. The van der Waals surface area contributed by atoms with E-state index in [0.29, 0.717) is 11.3 Å². The van der Waals surface area contributed by atoms with Gasteiger partial charge in [-0.05, 0) is 23.8 Å². The number of aliphatic carboxylic acids is 1. The highest BCUT2D eigenvalue weighted by atomic mass is 16.7. The smallest absolute Gasteiger partial charge is 0.493 e. The van der Waals surface area contributed by atoms with Crippen LogP contribution < -0.4 is 9.47 Å². The van der Waals surface area contributed by atoms with E-state index in [1.807, 2.05) is 0 Å². The Kier molecular flexibility index (Phi) is 4.74. The third-order valence-electron chi connectivity index (χ3n) is 1.97. The Morgan fingerprint density at radius 1 is 1.22 bits per heavy atom. The zero-order valence-electron chi connectivity index (χ0n) is 9.88. The molecule has 0 aliphatic heterocycles. The molecule has 0 aromatic heterocycles. The van der Waals surface area contributed by atoms with Crippen LogP contribution in [0.1, 0.15) is 5.56 Å². The number of rotatable bonds is 4. The van der Waals surface area contributed by atoms with E-state index in [4.69, 9.17) is 14.6 Å². The van der Waals surface area contributed by atoms with Crippen LogP contribution in [0.15, 0.2) is 24.3 Å². The number of hydrogen-bond donors (Lipinski definition) is 1. The zero-order chi connectivity index (χ0) is 13.5. The number of ether oxygens (including phenoxy) is 3. The van der Waals surface area contributed by atoms with Crippen molar-refractivity contribution in [2.45, 2.75) is 0 Å². The van der Waals surface area contributed by atoms with Crippen molar-refractivity contribution in [2.24, 2.45) is 0 Å². The quantitative estimate of drug-likeness (QED) is 0.501. The van der Waals surface area contributed by atoms with Gasteiger partial charge < -0.3 is 19.3 Å². The number of methoxy groups -OCH3 is 2. The first-order valence-corrected chi connectivity index (χ1v) is 4.91. The van der Waals surface area contributed by atoms with E-state index in [0.717, 1.165) is 6.08 Å². The van der Waals surface area contributed by atoms with E-state index >= 15 is 0 Å². The second kappa shape index (κ2) is 6.29. The molecule has 0 fully saturated rings. The van der Waals surface area contributed by atoms with Gasteiger partial charge in [0.2, 0.25) is 0 Å². The van der Waals surface area contributed by atoms with Crippen molar-refractivity contribution in [3.8, 4) is 11.5 Å². The lowest BCUT2D eigenvalue weighted by Gasteiger charge is -2.08. The summed E-state index contributed by atoms with van der Waals surface area (Å²) < 4.78 is 14.2. The maximum Gasteiger partial charge on any atom is 0.513 e. The number of carboxylic acids is 1. The van der Waals surface area contributed by atoms with Crippen molar-refractivity contribution in [2.75, 3.05) is 14.2 Å². The third-order valence-corrected chi connectivity index (χ3v) is 1.97. The van der Waals surface area contributed by atoms with Crippen LogP contribution in [0.5, 0.6) is 11.5 Å². The van der Waals surface area contributed by atoms with Crippen LogP contribution in [0, 0.1) is 0 Å². The van der Waals surface area contributed by atoms with Gasteiger partial charge in [0.15, 0.2) is 11.5 Å². The van der Waals surface area contributed by atoms with E-state index in [1.165, 1.54) is 26.4 Å². The molecule has 1 N–H and O–H groups in total. The van der Waals surface area contributed by atoms with E-state index in [2.05, 4.69) is 4.74 Å². The van der Waals surface area contributed by atoms with Gasteiger partial charge in [0, 0.05) is 6.08 Å². The zero-order valence-corrected chi connectivity index (χ0v) is 9.88. The summed E-state index contributed by atoms with van der Waals surface area (Å²) in [5, 5.41) is 8.51. The van der Waals surface area contributed by atoms with Gasteiger partial charge in [-0.15, -0.1) is 0 Å². The largest absolute Gasteiger partial charge is 0.513 e. The first kappa shape index (κ1) is 13.6. The lowest BCUT2D eigenvalue weighted by molar-refractivity contribution is -0.131. The summed E-state index contributed by atoms with van der Waals surface area (Å²) in [5.41, 5.74) is 0.553. The number of carbonyl (C=O) groups is 2. The third kappa shape index (κ3) is 3.82. The minimum absolute atomic E-state index is 0.150. The maximum atomic E-state index is 11.0. The Labute approximate surface area is 103 Å². The molecular weight excluding hydrogens is 240 g/mol. The minimum atomic E-state index is -1.07. The standard InChI is InChI=1S/C12H12O6/c1-16-9-5-3-8(4-6-11(13)14)7-10(9)18-12(15)17-2/h3-7H,1-2H3,(H,13,14)/b6-4+. The lowest BCUT2D eigenvalue weighted by Crippen LogP contribution is -2.08. The summed E-state index contributed by atoms with van der Waals surface area (Å²) in [4.78, 5) is 21.4. The predicted octanol–water partition coefficient (Wildman–Crippen LogP) is 1.94. The molecule has 96 valence electrons. The van der Waals surface area contributed by atoms with Crippen LogP contribution in [0.3, 0.4) is 0 Å². The van der Waals surface area contributed by atoms with Gasteiger partial charge in [-0.1, -0.05) is 6.07 Å². The predicted molar refractivity (Wildman–Crippen MR) is 62.7 cm³/mol. The van der Waals surface area contributed by atoms with Gasteiger partial charge in [0.05, 0.1) is 14.2 Å². The fourth-order valence-corrected chi connectivity index (χ4v) is 1.18. The molecule has 0 spiro atoms. The molecule has 0 radical (unpaired) electrons. The molecular formula is C12H12O6. The molecule has 1 aromatic rings. The van der Waals surface area contributed by atoms with Crippen LogP contribution in [0.4, 0.5) is 4.79 Å². The van der Waals surface area contributed by atoms with Crippen molar-refractivity contribution in [1.29, 1.82) is 0 Å². The minimum Gasteiger partial charge on any atom is -0.493 e. The van der Waals surface area contributed by atoms with Crippen LogP contribution in [-0.4, -0.2) is 31.5 Å². The van der Waals surface area contributed by atoms with Gasteiger partial charge in [0.25, 0.3) is 0 Å². The molecule has 18 heavy (non-hydrogen) atoms. The van der Waals surface area contributed by atoms with E-state index < -0.39 is 12.1 Å². The molecule has 1 aromatic carbocycles. The van der Waals surface area contributed by atoms with E-state index in [1.54, 1.807) is 12.1 Å². The van der Waals surface area contributed by atoms with Gasteiger partial charge in [-0.25, -0.2) is 9.59 Å². The fourth-order valence-electron chi connectivity index (χ4n) is 1.18. The molecule has 0 aliphatic rings. The average Bonchev–Trinajstić information content (AvgIpc) is 2.36. The summed E-state index contributed by atoms with van der Waals surface area (Å²) >= 11 is 0. The Morgan fingerprint density at radius 2 is 1.94 bits per heavy atom. The van der Waals surface area contributed by atoms with E-state index in [-0.39, 0.29) is 5.75 Å². The fraction of sp³-hybridized carbons (Fsp3) is 0.167. The number of benzene rings is 1. The first-order valence-electron chi connectivity index (χ1n) is 4.91. The van der Waals surface area contributed by atoms with Gasteiger partial charge >= 0.3 is 12.1 Å². The summed E-state index contributed by atoms with van der Waals surface area (Å²) in [6.07, 6.45) is 1.46. The van der Waals surface area contributed by atoms with Crippen LogP contribution >= 0.6 is 0 Å². The van der Waals surface area contributed by atoms with Gasteiger partial charge in [-0.2, -0.15) is 0 Å². The molecule has 0 saturated carbocycles. The second-order valence-electron chi connectivity index (χ2n) is 3.14. The van der Waals surface area contributed by atoms with Crippen LogP contribution in [0.2, 0.25) is 0 Å². The number of carboxylic acid groups (broad SMARTS) is 1. The topological polar surface area (TPSA) is 82.1 Å². The van der Waals surface area contributed by atoms with Crippen molar-refractivity contribution < 1.29 is 28.9 Å². The summed E-state index contributed by atoms with van der Waals surface area (Å²) in [6, 6.07) is 4.65. The van der Waals surface area contributed by atoms with Crippen molar-refractivity contribution in [3.05, 3.63) is 29.8 Å². The van der Waals surface area contributed by atoms with Gasteiger partial charge in [0.1, 0.15) is 0 Å². The summed E-state index contributed by atoms with van der Waals surface area (Å²) in [7, 11) is 2.61. The normalized spacial score (nSPS) is 10.1. The molecule has 1 rings (SSSR count). The molecule has 0 bridgehead atoms. The molecule has 6 nitrogen and oxygen atoms in total. The first-order chi connectivity index (χ1) is 8.56. The monoisotopic (exact) mass is 252 g/mol. The van der Waals surface area contributed by atoms with Crippen molar-refractivity contribution >= 4 is 18.2 Å². The molecule has 0 aliphatic carbocycles. The van der Waals surface area contributed by atoms with Crippen LogP contribution in [-0.2, 0) is 9.53 Å². The molecule has 0 atom stereocenters. The van der Waals surface area contributed by atoms with Crippen LogP contribution in [0.25, 0.3) is 6.08 Å². The van der Waals surface area contributed by atoms with E-state index in [9.17, 15) is 9.59 Å². The van der Waals surface area contributed by atoms with Crippen molar-refractivity contribution in [1.82, 2.24) is 0 Å². The summed E-state index contributed by atoms with van der Waals surface area (Å²) in [6.45, 7) is 0. The Hall–Kier alpha value is -2.50. The van der Waals surface area contributed by atoms with Crippen molar-refractivity contribution in [3.63, 3.8) is 0 Å². The molecule has 0 unspecified atom stereocenters. The molecule has 6 heteroatoms. The SMILES string of the molecule is COC(=O)Oc1cc(/C=C/C(=O)O)ccc1OC. The highest BCUT2D eigenvalue weighted by Gasteiger charge is 2.10. The Bertz CT molecular complexity index is 477. The second-order valence-corrected chi connectivity index (χ2v) is 3.14. The highest BCUT2D eigenvalue weighted by Crippen LogP contribution is 2.28. The number of hydrogen-bond acceptors (Lipinski definition) is 5. The average molecular weight is 252 g/mol. The Balaban J connectivity index is 3.01. The van der Waals surface area contributed by atoms with Gasteiger partial charge in [-0.3, -0.25) is 0 Å².